The van der Waals surface area contributed by atoms with E-state index < -0.39 is 0 Å². The van der Waals surface area contributed by atoms with Crippen molar-refractivity contribution in [1.82, 2.24) is 14.7 Å². The molecule has 2 aliphatic heterocycles. The molecule has 0 unspecified atom stereocenters. The summed E-state index contributed by atoms with van der Waals surface area (Å²) in [5.41, 5.74) is 0.308. The van der Waals surface area contributed by atoms with Gasteiger partial charge in [0, 0.05) is 45.7 Å². The van der Waals surface area contributed by atoms with Crippen LogP contribution in [-0.4, -0.2) is 84.2 Å². The second-order valence-electron chi connectivity index (χ2n) is 10.4. The summed E-state index contributed by atoms with van der Waals surface area (Å²) in [7, 11) is 2.16. The molecule has 2 atom stereocenters. The molecular weight excluding hydrogens is 326 g/mol. The number of hydrogen-bond acceptors (Lipinski definition) is 4. The summed E-state index contributed by atoms with van der Waals surface area (Å²) in [5, 5.41) is 10.6. The quantitative estimate of drug-likeness (QED) is 0.826. The van der Waals surface area contributed by atoms with E-state index >= 15 is 0 Å². The number of likely N-dealkylation sites (N-methyl/N-ethyl adjacent to an activating group) is 1. The lowest BCUT2D eigenvalue weighted by Gasteiger charge is -2.56. The molecule has 6 fully saturated rings. The molecule has 0 aromatic heterocycles. The summed E-state index contributed by atoms with van der Waals surface area (Å²) >= 11 is 0. The van der Waals surface area contributed by atoms with Crippen molar-refractivity contribution in [3.63, 3.8) is 0 Å². The van der Waals surface area contributed by atoms with Gasteiger partial charge in [0.1, 0.15) is 0 Å². The zero-order chi connectivity index (χ0) is 17.9. The molecular formula is C21H35N3O2. The summed E-state index contributed by atoms with van der Waals surface area (Å²) in [4.78, 5) is 19.9. The maximum Gasteiger partial charge on any atom is 0.223 e. The molecule has 26 heavy (non-hydrogen) atoms. The molecule has 5 heteroatoms. The number of carbonyl (C=O) groups excluding carboxylic acids is 1. The van der Waals surface area contributed by atoms with Gasteiger partial charge < -0.3 is 14.9 Å². The van der Waals surface area contributed by atoms with Crippen molar-refractivity contribution < 1.29 is 9.90 Å². The molecule has 6 aliphatic rings. The third kappa shape index (κ3) is 3.10. The minimum atomic E-state index is -0.376. The molecule has 6 rings (SSSR count). The summed E-state index contributed by atoms with van der Waals surface area (Å²) < 4.78 is 0. The van der Waals surface area contributed by atoms with E-state index in [1.165, 1.54) is 38.5 Å². The Morgan fingerprint density at radius 2 is 1.54 bits per heavy atom. The van der Waals surface area contributed by atoms with Crippen LogP contribution in [-0.2, 0) is 4.79 Å². The van der Waals surface area contributed by atoms with Gasteiger partial charge >= 0.3 is 0 Å². The predicted molar refractivity (Wildman–Crippen MR) is 101 cm³/mol. The van der Waals surface area contributed by atoms with Gasteiger partial charge in [0.05, 0.1) is 12.1 Å². The predicted octanol–water partition coefficient (Wildman–Crippen LogP) is 1.41. The molecule has 0 aromatic carbocycles. The van der Waals surface area contributed by atoms with E-state index in [2.05, 4.69) is 16.8 Å². The number of aliphatic hydroxyl groups is 1. The molecule has 4 saturated carbocycles. The standard InChI is InChI=1S/C21H35N3O2/c1-22-2-4-23(5-3-22)18-13-24(14-19(18)25)20(26)12-21-9-15-6-16(10-21)8-17(7-15)11-21/h15-19,25H,2-14H2,1H3/t15?,16?,17?,18-,19-,21?/m0/s1. The van der Waals surface area contributed by atoms with Crippen molar-refractivity contribution in [2.24, 2.45) is 23.2 Å². The fourth-order valence-electron chi connectivity index (χ4n) is 7.42. The van der Waals surface area contributed by atoms with E-state index in [4.69, 9.17) is 0 Å². The lowest BCUT2D eigenvalue weighted by molar-refractivity contribution is -0.139. The first-order chi connectivity index (χ1) is 12.5. The van der Waals surface area contributed by atoms with Gasteiger partial charge in [-0.05, 0) is 68.7 Å². The van der Waals surface area contributed by atoms with Gasteiger partial charge in [0.25, 0.3) is 0 Å². The van der Waals surface area contributed by atoms with E-state index in [9.17, 15) is 9.90 Å². The van der Waals surface area contributed by atoms with Crippen LogP contribution in [0.2, 0.25) is 0 Å². The highest BCUT2D eigenvalue weighted by atomic mass is 16.3. The normalized spacial score (nSPS) is 46.2. The largest absolute Gasteiger partial charge is 0.390 e. The zero-order valence-electron chi connectivity index (χ0n) is 16.3. The Kier molecular flexibility index (Phi) is 4.33. The van der Waals surface area contributed by atoms with Crippen molar-refractivity contribution >= 4 is 5.91 Å². The fraction of sp³-hybridized carbons (Fsp3) is 0.952. The lowest BCUT2D eigenvalue weighted by atomic mass is 9.49. The van der Waals surface area contributed by atoms with Gasteiger partial charge in [-0.15, -0.1) is 0 Å². The molecule has 4 bridgehead atoms. The number of hydrogen-bond donors (Lipinski definition) is 1. The highest BCUT2D eigenvalue weighted by molar-refractivity contribution is 5.77. The summed E-state index contributed by atoms with van der Waals surface area (Å²) in [6.45, 7) is 5.41. The van der Waals surface area contributed by atoms with Crippen molar-refractivity contribution in [3.8, 4) is 0 Å². The third-order valence-corrected chi connectivity index (χ3v) is 8.31. The van der Waals surface area contributed by atoms with Crippen LogP contribution in [0.5, 0.6) is 0 Å². The number of aliphatic hydroxyl groups excluding tert-OH is 1. The Morgan fingerprint density at radius 3 is 2.12 bits per heavy atom. The van der Waals surface area contributed by atoms with E-state index in [0.29, 0.717) is 17.9 Å². The van der Waals surface area contributed by atoms with Crippen molar-refractivity contribution in [2.45, 2.75) is 57.1 Å². The smallest absolute Gasteiger partial charge is 0.223 e. The minimum Gasteiger partial charge on any atom is -0.390 e. The van der Waals surface area contributed by atoms with Crippen LogP contribution in [0.1, 0.15) is 44.9 Å². The van der Waals surface area contributed by atoms with Gasteiger partial charge in [0.15, 0.2) is 0 Å². The van der Waals surface area contributed by atoms with E-state index in [-0.39, 0.29) is 12.1 Å². The van der Waals surface area contributed by atoms with E-state index in [1.54, 1.807) is 0 Å². The fourth-order valence-corrected chi connectivity index (χ4v) is 7.42. The van der Waals surface area contributed by atoms with Gasteiger partial charge in [-0.25, -0.2) is 0 Å². The number of piperazine rings is 1. The van der Waals surface area contributed by atoms with Crippen LogP contribution in [0.3, 0.4) is 0 Å². The Morgan fingerprint density at radius 1 is 0.962 bits per heavy atom. The molecule has 1 amide bonds. The number of nitrogens with zero attached hydrogens (tertiary/aromatic N) is 3. The number of amides is 1. The average molecular weight is 362 g/mol. The van der Waals surface area contributed by atoms with Crippen LogP contribution < -0.4 is 0 Å². The molecule has 4 aliphatic carbocycles. The first-order valence-corrected chi connectivity index (χ1v) is 10.9. The maximum atomic E-state index is 13.1. The molecule has 1 N–H and O–H groups in total. The first-order valence-electron chi connectivity index (χ1n) is 10.9. The second-order valence-corrected chi connectivity index (χ2v) is 10.4. The molecule has 5 nitrogen and oxygen atoms in total. The number of β-amino-alcohol motifs (C(OH)–C–C–N with tert-alkyl or cyclic N) is 1. The second kappa shape index (κ2) is 6.46. The molecule has 0 aromatic rings. The molecule has 0 spiro atoms. The van der Waals surface area contributed by atoms with Crippen molar-refractivity contribution in [2.75, 3.05) is 46.3 Å². The Balaban J connectivity index is 1.21. The molecule has 146 valence electrons. The van der Waals surface area contributed by atoms with Crippen molar-refractivity contribution in [3.05, 3.63) is 0 Å². The van der Waals surface area contributed by atoms with E-state index in [1.807, 2.05) is 4.90 Å². The first kappa shape index (κ1) is 17.4. The SMILES string of the molecule is CN1CCN([C@H]2CN(C(=O)CC34CC5CC(CC(C5)C3)C4)C[C@@H]2O)CC1. The van der Waals surface area contributed by atoms with Gasteiger partial charge in [-0.3, -0.25) is 9.69 Å². The molecule has 2 heterocycles. The number of likely N-dealkylation sites (tertiary alicyclic amines) is 1. The summed E-state index contributed by atoms with van der Waals surface area (Å²) in [5.74, 6) is 3.02. The average Bonchev–Trinajstić information content (AvgIpc) is 2.96. The Bertz CT molecular complexity index is 522. The van der Waals surface area contributed by atoms with Gasteiger partial charge in [-0.1, -0.05) is 0 Å². The van der Waals surface area contributed by atoms with Crippen molar-refractivity contribution in [1.29, 1.82) is 0 Å². The summed E-state index contributed by atoms with van der Waals surface area (Å²) in [6.07, 6.45) is 8.55. The third-order valence-electron chi connectivity index (χ3n) is 8.31. The number of carbonyl (C=O) groups is 1. The number of rotatable bonds is 3. The lowest BCUT2D eigenvalue weighted by Crippen LogP contribution is -2.52. The van der Waals surface area contributed by atoms with Gasteiger partial charge in [-0.2, -0.15) is 0 Å². The molecule has 2 saturated heterocycles. The van der Waals surface area contributed by atoms with Crippen LogP contribution in [0.25, 0.3) is 0 Å². The molecule has 0 radical (unpaired) electrons. The maximum absolute atomic E-state index is 13.1. The van der Waals surface area contributed by atoms with Crippen LogP contribution in [0, 0.1) is 23.2 Å². The van der Waals surface area contributed by atoms with E-state index in [0.717, 1.165) is 56.9 Å². The monoisotopic (exact) mass is 361 g/mol. The summed E-state index contributed by atoms with van der Waals surface area (Å²) in [6, 6.07) is 0.143. The highest BCUT2D eigenvalue weighted by Crippen LogP contribution is 2.61. The Labute approximate surface area is 157 Å². The van der Waals surface area contributed by atoms with Gasteiger partial charge in [0.2, 0.25) is 5.91 Å². The Hall–Kier alpha value is -0.650. The zero-order valence-corrected chi connectivity index (χ0v) is 16.3. The highest BCUT2D eigenvalue weighted by Gasteiger charge is 2.52. The topological polar surface area (TPSA) is 47.0 Å². The van der Waals surface area contributed by atoms with Crippen LogP contribution in [0.4, 0.5) is 0 Å². The van der Waals surface area contributed by atoms with Crippen LogP contribution >= 0.6 is 0 Å². The minimum absolute atomic E-state index is 0.143. The van der Waals surface area contributed by atoms with Crippen LogP contribution in [0.15, 0.2) is 0 Å².